The maximum absolute atomic E-state index is 6.11. The van der Waals surface area contributed by atoms with Crippen molar-refractivity contribution in [3.05, 3.63) is 53.0 Å². The third-order valence-electron chi connectivity index (χ3n) is 3.47. The van der Waals surface area contributed by atoms with Crippen LogP contribution in [0.3, 0.4) is 0 Å². The first-order valence-electron chi connectivity index (χ1n) is 6.66. The minimum absolute atomic E-state index is 0.0123. The molecule has 1 N–H and O–H groups in total. The van der Waals surface area contributed by atoms with E-state index < -0.39 is 0 Å². The monoisotopic (exact) mass is 282 g/mol. The Morgan fingerprint density at radius 2 is 2.15 bits per heavy atom. The number of thiazole rings is 1. The fourth-order valence-electron chi connectivity index (χ4n) is 2.44. The van der Waals surface area contributed by atoms with Crippen molar-refractivity contribution < 1.29 is 4.74 Å². The van der Waals surface area contributed by atoms with Crippen LogP contribution in [-0.2, 0) is 0 Å². The zero-order valence-corrected chi connectivity index (χ0v) is 11.9. The second-order valence-corrected chi connectivity index (χ2v) is 6.07. The molecule has 100 valence electrons. The lowest BCUT2D eigenvalue weighted by Crippen LogP contribution is -2.23. The number of nitrogens with one attached hydrogen (secondary N) is 1. The highest BCUT2D eigenvalue weighted by atomic mass is 32.1. The lowest BCUT2D eigenvalue weighted by molar-refractivity contribution is 0.210. The molecular formula is C16H14N2OS. The number of benzene rings is 2. The largest absolute Gasteiger partial charge is 0.479 e. The lowest BCUT2D eigenvalue weighted by atomic mass is 10.1. The van der Waals surface area contributed by atoms with Gasteiger partial charge in [0.25, 0.3) is 0 Å². The van der Waals surface area contributed by atoms with E-state index in [-0.39, 0.29) is 6.10 Å². The number of hydrogen-bond donors (Lipinski definition) is 1. The molecule has 0 aliphatic carbocycles. The van der Waals surface area contributed by atoms with Crippen LogP contribution in [0.15, 0.2) is 42.5 Å². The van der Waals surface area contributed by atoms with Crippen molar-refractivity contribution in [3.8, 4) is 5.75 Å². The molecule has 3 aromatic rings. The molecule has 1 unspecified atom stereocenters. The van der Waals surface area contributed by atoms with Crippen molar-refractivity contribution in [3.63, 3.8) is 0 Å². The van der Waals surface area contributed by atoms with Gasteiger partial charge < -0.3 is 10.1 Å². The van der Waals surface area contributed by atoms with Gasteiger partial charge in [0.2, 0.25) is 0 Å². The third kappa shape index (κ3) is 1.93. The predicted octanol–water partition coefficient (Wildman–Crippen LogP) is 4.15. The summed E-state index contributed by atoms with van der Waals surface area (Å²) in [7, 11) is 0. The first-order chi connectivity index (χ1) is 9.79. The topological polar surface area (TPSA) is 34.1 Å². The summed E-state index contributed by atoms with van der Waals surface area (Å²) < 4.78 is 7.32. The minimum Gasteiger partial charge on any atom is -0.479 e. The number of hydrogen-bond acceptors (Lipinski definition) is 4. The number of fused-ring (bicyclic) bond motifs is 2. The van der Waals surface area contributed by atoms with E-state index in [1.54, 1.807) is 11.3 Å². The Morgan fingerprint density at radius 1 is 1.25 bits per heavy atom. The first-order valence-corrected chi connectivity index (χ1v) is 7.48. The maximum Gasteiger partial charge on any atom is 0.167 e. The number of para-hydroxylation sites is 1. The Morgan fingerprint density at radius 3 is 3.05 bits per heavy atom. The van der Waals surface area contributed by atoms with Crippen molar-refractivity contribution in [2.24, 2.45) is 0 Å². The third-order valence-corrected chi connectivity index (χ3v) is 4.60. The van der Waals surface area contributed by atoms with Gasteiger partial charge in [-0.05, 0) is 36.8 Å². The van der Waals surface area contributed by atoms with Crippen LogP contribution in [0.4, 0.5) is 5.69 Å². The van der Waals surface area contributed by atoms with Gasteiger partial charge in [-0.3, -0.25) is 0 Å². The number of rotatable bonds is 1. The summed E-state index contributed by atoms with van der Waals surface area (Å²) in [6, 6.07) is 14.4. The predicted molar refractivity (Wildman–Crippen MR) is 82.7 cm³/mol. The molecule has 0 fully saturated rings. The zero-order chi connectivity index (χ0) is 13.5. The average molecular weight is 282 g/mol. The lowest BCUT2D eigenvalue weighted by Gasteiger charge is -2.26. The number of nitrogens with zero attached hydrogens (tertiary/aromatic N) is 1. The van der Waals surface area contributed by atoms with Crippen molar-refractivity contribution in [2.45, 2.75) is 13.0 Å². The number of aromatic nitrogens is 1. The van der Waals surface area contributed by atoms with Crippen LogP contribution in [-0.4, -0.2) is 11.5 Å². The van der Waals surface area contributed by atoms with Crippen molar-refractivity contribution in [1.29, 1.82) is 0 Å². The molecular weight excluding hydrogens is 268 g/mol. The van der Waals surface area contributed by atoms with E-state index in [1.165, 1.54) is 10.3 Å². The molecule has 2 heterocycles. The van der Waals surface area contributed by atoms with Crippen molar-refractivity contribution in [1.82, 2.24) is 4.98 Å². The van der Waals surface area contributed by atoms with Gasteiger partial charge in [-0.25, -0.2) is 4.98 Å². The molecule has 1 atom stereocenters. The van der Waals surface area contributed by atoms with Gasteiger partial charge in [0.15, 0.2) is 6.10 Å². The standard InChI is InChI=1S/C16H14N2OS/c1-10-6-7-11-13(8-10)19-14(9-17-11)16-18-12-4-2-3-5-15(12)20-16/h2-8,14,17H,9H2,1H3. The summed E-state index contributed by atoms with van der Waals surface area (Å²) in [5.41, 5.74) is 3.31. The fraction of sp³-hybridized carbons (Fsp3) is 0.188. The highest BCUT2D eigenvalue weighted by molar-refractivity contribution is 7.18. The molecule has 0 saturated heterocycles. The highest BCUT2D eigenvalue weighted by Crippen LogP contribution is 2.36. The zero-order valence-electron chi connectivity index (χ0n) is 11.1. The van der Waals surface area contributed by atoms with E-state index >= 15 is 0 Å². The molecule has 1 aromatic heterocycles. The highest BCUT2D eigenvalue weighted by Gasteiger charge is 2.23. The molecule has 1 aliphatic heterocycles. The Balaban J connectivity index is 1.70. The van der Waals surface area contributed by atoms with Crippen LogP contribution in [0.25, 0.3) is 10.2 Å². The summed E-state index contributed by atoms with van der Waals surface area (Å²) in [6.45, 7) is 2.83. The second kappa shape index (κ2) is 4.49. The van der Waals surface area contributed by atoms with E-state index in [0.29, 0.717) is 0 Å². The van der Waals surface area contributed by atoms with Crippen LogP contribution in [0.5, 0.6) is 5.75 Å². The quantitative estimate of drug-likeness (QED) is 0.728. The smallest absolute Gasteiger partial charge is 0.167 e. The molecule has 0 bridgehead atoms. The van der Waals surface area contributed by atoms with Crippen LogP contribution in [0.1, 0.15) is 16.7 Å². The van der Waals surface area contributed by atoms with Gasteiger partial charge in [-0.2, -0.15) is 0 Å². The van der Waals surface area contributed by atoms with Crippen LogP contribution >= 0.6 is 11.3 Å². The molecule has 0 spiro atoms. The Kier molecular flexibility index (Phi) is 2.63. The molecule has 4 rings (SSSR count). The molecule has 3 nitrogen and oxygen atoms in total. The van der Waals surface area contributed by atoms with E-state index in [2.05, 4.69) is 41.5 Å². The SMILES string of the molecule is Cc1ccc2c(c1)OC(c1nc3ccccc3s1)CN2. The van der Waals surface area contributed by atoms with Crippen molar-refractivity contribution >= 4 is 27.2 Å². The van der Waals surface area contributed by atoms with E-state index in [1.807, 2.05) is 18.2 Å². The van der Waals surface area contributed by atoms with Gasteiger partial charge in [-0.1, -0.05) is 18.2 Å². The molecule has 0 saturated carbocycles. The molecule has 4 heteroatoms. The summed E-state index contributed by atoms with van der Waals surface area (Å²) in [5, 5.41) is 4.46. The maximum atomic E-state index is 6.11. The second-order valence-electron chi connectivity index (χ2n) is 5.01. The van der Waals surface area contributed by atoms with E-state index in [9.17, 15) is 0 Å². The molecule has 20 heavy (non-hydrogen) atoms. The summed E-state index contributed by atoms with van der Waals surface area (Å²) in [5.74, 6) is 0.917. The van der Waals surface area contributed by atoms with Crippen LogP contribution in [0, 0.1) is 6.92 Å². The molecule has 0 amide bonds. The number of aryl methyl sites for hydroxylation is 1. The number of anilines is 1. The normalized spacial score (nSPS) is 17.4. The van der Waals surface area contributed by atoms with Gasteiger partial charge >= 0.3 is 0 Å². The number of ether oxygens (including phenoxy) is 1. The summed E-state index contributed by atoms with van der Waals surface area (Å²) in [4.78, 5) is 4.69. The summed E-state index contributed by atoms with van der Waals surface area (Å²) in [6.07, 6.45) is -0.0123. The van der Waals surface area contributed by atoms with E-state index in [4.69, 9.17) is 4.74 Å². The van der Waals surface area contributed by atoms with Gasteiger partial charge in [0, 0.05) is 0 Å². The Bertz CT molecular complexity index is 748. The molecule has 0 radical (unpaired) electrons. The fourth-order valence-corrected chi connectivity index (χ4v) is 3.43. The van der Waals surface area contributed by atoms with Crippen molar-refractivity contribution in [2.75, 3.05) is 11.9 Å². The molecule has 1 aliphatic rings. The Hall–Kier alpha value is -2.07. The first kappa shape index (κ1) is 11.7. The summed E-state index contributed by atoms with van der Waals surface area (Å²) >= 11 is 1.71. The molecule has 2 aromatic carbocycles. The van der Waals surface area contributed by atoms with E-state index in [0.717, 1.165) is 28.5 Å². The van der Waals surface area contributed by atoms with Gasteiger partial charge in [0.05, 0.1) is 22.4 Å². The van der Waals surface area contributed by atoms with Crippen LogP contribution < -0.4 is 10.1 Å². The minimum atomic E-state index is -0.0123. The Labute approximate surface area is 121 Å². The van der Waals surface area contributed by atoms with Gasteiger partial charge in [0.1, 0.15) is 10.8 Å². The average Bonchev–Trinajstić information content (AvgIpc) is 2.90. The van der Waals surface area contributed by atoms with Gasteiger partial charge in [-0.15, -0.1) is 11.3 Å². The van der Waals surface area contributed by atoms with Crippen LogP contribution in [0.2, 0.25) is 0 Å².